The molecule has 1 aliphatic carbocycles. The normalized spacial score (nSPS) is 22.7. The Bertz CT molecular complexity index is 429. The van der Waals surface area contributed by atoms with E-state index in [0.717, 1.165) is 11.8 Å². The van der Waals surface area contributed by atoms with Crippen molar-refractivity contribution in [1.29, 1.82) is 0 Å². The lowest BCUT2D eigenvalue weighted by molar-refractivity contribution is -0.135. The van der Waals surface area contributed by atoms with E-state index in [1.165, 1.54) is 5.56 Å². The molecule has 0 saturated heterocycles. The molecule has 0 N–H and O–H groups in total. The van der Waals surface area contributed by atoms with Crippen LogP contribution in [0.3, 0.4) is 0 Å². The van der Waals surface area contributed by atoms with Crippen molar-refractivity contribution < 1.29 is 4.79 Å². The van der Waals surface area contributed by atoms with E-state index in [9.17, 15) is 4.79 Å². The van der Waals surface area contributed by atoms with Crippen LogP contribution in [0.2, 0.25) is 0 Å². The monoisotopic (exact) mass is 309 g/mol. The molecule has 1 aromatic carbocycles. The van der Waals surface area contributed by atoms with Crippen LogP contribution in [0.4, 0.5) is 0 Å². The molecular weight excluding hydrogens is 290 g/mol. The largest absolute Gasteiger partial charge is 0.340 e. The van der Waals surface area contributed by atoms with E-state index in [1.54, 1.807) is 0 Å². The van der Waals surface area contributed by atoms with E-state index in [-0.39, 0.29) is 17.4 Å². The number of nitrogens with zero attached hydrogens (tertiary/aromatic N) is 1. The summed E-state index contributed by atoms with van der Waals surface area (Å²) in [5.74, 6) is 0.872. The first-order valence-corrected chi connectivity index (χ1v) is 7.48. The van der Waals surface area contributed by atoms with Crippen molar-refractivity contribution in [1.82, 2.24) is 4.90 Å². The molecule has 18 heavy (non-hydrogen) atoms. The second-order valence-electron chi connectivity index (χ2n) is 5.70. The van der Waals surface area contributed by atoms with Crippen LogP contribution in [0.25, 0.3) is 0 Å². The Kier molecular flexibility index (Phi) is 3.81. The molecule has 1 amide bonds. The molecular formula is C15H20BrNO. The number of hydrogen-bond donors (Lipinski definition) is 0. The number of carbonyl (C=O) groups excluding carboxylic acids is 1. The van der Waals surface area contributed by atoms with Crippen molar-refractivity contribution in [3.63, 3.8) is 0 Å². The first-order chi connectivity index (χ1) is 8.47. The van der Waals surface area contributed by atoms with E-state index in [1.807, 2.05) is 30.1 Å². The van der Waals surface area contributed by atoms with E-state index in [4.69, 9.17) is 0 Å². The lowest BCUT2D eigenvalue weighted by Crippen LogP contribution is -2.47. The summed E-state index contributed by atoms with van der Waals surface area (Å²) in [4.78, 5) is 14.3. The molecule has 2 rings (SSSR count). The summed E-state index contributed by atoms with van der Waals surface area (Å²) >= 11 is 3.48. The minimum atomic E-state index is -0.124. The molecule has 2 unspecified atom stereocenters. The van der Waals surface area contributed by atoms with Crippen LogP contribution < -0.4 is 0 Å². The van der Waals surface area contributed by atoms with Gasteiger partial charge in [-0.3, -0.25) is 4.79 Å². The van der Waals surface area contributed by atoms with Crippen molar-refractivity contribution in [2.45, 2.75) is 31.7 Å². The van der Waals surface area contributed by atoms with Gasteiger partial charge in [-0.2, -0.15) is 0 Å². The van der Waals surface area contributed by atoms with Crippen LogP contribution in [0.1, 0.15) is 31.7 Å². The summed E-state index contributed by atoms with van der Waals surface area (Å²) in [6, 6.07) is 10.3. The number of rotatable bonds is 4. The molecule has 0 radical (unpaired) electrons. The van der Waals surface area contributed by atoms with Crippen molar-refractivity contribution in [3.8, 4) is 0 Å². The first-order valence-electron chi connectivity index (χ1n) is 6.36. The fraction of sp³-hybridized carbons (Fsp3) is 0.533. The predicted octanol–water partition coefficient (Wildman–Crippen LogP) is 3.42. The molecule has 1 saturated carbocycles. The van der Waals surface area contributed by atoms with Gasteiger partial charge < -0.3 is 4.90 Å². The molecule has 0 heterocycles. The summed E-state index contributed by atoms with van der Waals surface area (Å²) in [6.45, 7) is 4.17. The van der Waals surface area contributed by atoms with Gasteiger partial charge in [0.2, 0.25) is 5.91 Å². The summed E-state index contributed by atoms with van der Waals surface area (Å²) in [5.41, 5.74) is 1.17. The van der Waals surface area contributed by atoms with Crippen molar-refractivity contribution in [3.05, 3.63) is 35.9 Å². The molecule has 2 nitrogen and oxygen atoms in total. The number of amides is 1. The third-order valence-electron chi connectivity index (χ3n) is 3.90. The van der Waals surface area contributed by atoms with Gasteiger partial charge >= 0.3 is 0 Å². The molecule has 0 aliphatic heterocycles. The Labute approximate surface area is 117 Å². The minimum absolute atomic E-state index is 0.124. The highest BCUT2D eigenvalue weighted by atomic mass is 79.9. The van der Waals surface area contributed by atoms with Gasteiger partial charge in [0.15, 0.2) is 0 Å². The maximum absolute atomic E-state index is 12.4. The number of alkyl halides is 1. The van der Waals surface area contributed by atoms with Crippen LogP contribution in [0.5, 0.6) is 0 Å². The van der Waals surface area contributed by atoms with E-state index in [2.05, 4.69) is 41.9 Å². The van der Waals surface area contributed by atoms with Gasteiger partial charge in [0.05, 0.1) is 0 Å². The van der Waals surface area contributed by atoms with Gasteiger partial charge in [-0.25, -0.2) is 0 Å². The van der Waals surface area contributed by atoms with Crippen molar-refractivity contribution >= 4 is 21.8 Å². The Morgan fingerprint density at radius 1 is 1.39 bits per heavy atom. The summed E-state index contributed by atoms with van der Waals surface area (Å²) in [7, 11) is 1.91. The van der Waals surface area contributed by atoms with Crippen molar-refractivity contribution in [2.75, 3.05) is 12.4 Å². The van der Waals surface area contributed by atoms with Gasteiger partial charge in [-0.15, -0.1) is 0 Å². The van der Waals surface area contributed by atoms with Crippen LogP contribution in [0.15, 0.2) is 30.3 Å². The minimum Gasteiger partial charge on any atom is -0.340 e. The van der Waals surface area contributed by atoms with Gasteiger partial charge in [-0.1, -0.05) is 46.3 Å². The highest BCUT2D eigenvalue weighted by Crippen LogP contribution is 2.48. The molecule has 1 aromatic rings. The fourth-order valence-corrected chi connectivity index (χ4v) is 2.55. The standard InChI is InChI=1S/C15H20BrNO/c1-15(2,10-16)17(3)14(18)13-9-12(13)11-7-5-4-6-8-11/h4-8,12-13H,9-10H2,1-3H3. The van der Waals surface area contributed by atoms with Gasteiger partial charge in [-0.05, 0) is 31.7 Å². The molecule has 0 bridgehead atoms. The molecule has 98 valence electrons. The molecule has 2 atom stereocenters. The number of hydrogen-bond acceptors (Lipinski definition) is 1. The zero-order valence-electron chi connectivity index (χ0n) is 11.2. The van der Waals surface area contributed by atoms with E-state index in [0.29, 0.717) is 5.92 Å². The summed E-state index contributed by atoms with van der Waals surface area (Å²) in [5, 5.41) is 0.797. The highest BCUT2D eigenvalue weighted by molar-refractivity contribution is 9.09. The topological polar surface area (TPSA) is 20.3 Å². The lowest BCUT2D eigenvalue weighted by atomic mass is 10.0. The first kappa shape index (κ1) is 13.6. The van der Waals surface area contributed by atoms with Gasteiger partial charge in [0.25, 0.3) is 0 Å². The SMILES string of the molecule is CN(C(=O)C1CC1c1ccccc1)C(C)(C)CBr. The number of benzene rings is 1. The van der Waals surface area contributed by atoms with Crippen LogP contribution in [-0.2, 0) is 4.79 Å². The second-order valence-corrected chi connectivity index (χ2v) is 6.26. The van der Waals surface area contributed by atoms with Crippen LogP contribution in [-0.4, -0.2) is 28.7 Å². The second kappa shape index (κ2) is 5.04. The number of halogens is 1. The van der Waals surface area contributed by atoms with Crippen molar-refractivity contribution in [2.24, 2.45) is 5.92 Å². The summed E-state index contributed by atoms with van der Waals surface area (Å²) in [6.07, 6.45) is 0.992. The quantitative estimate of drug-likeness (QED) is 0.780. The molecule has 1 fully saturated rings. The molecule has 0 aromatic heterocycles. The summed E-state index contributed by atoms with van der Waals surface area (Å²) < 4.78 is 0. The molecule has 0 spiro atoms. The smallest absolute Gasteiger partial charge is 0.226 e. The number of carbonyl (C=O) groups is 1. The maximum atomic E-state index is 12.4. The zero-order valence-corrected chi connectivity index (χ0v) is 12.8. The third-order valence-corrected chi connectivity index (χ3v) is 5.27. The molecule has 1 aliphatic rings. The van der Waals surface area contributed by atoms with E-state index >= 15 is 0 Å². The van der Waals surface area contributed by atoms with Crippen LogP contribution >= 0.6 is 15.9 Å². The highest BCUT2D eigenvalue weighted by Gasteiger charge is 2.46. The Hall–Kier alpha value is -0.830. The van der Waals surface area contributed by atoms with E-state index < -0.39 is 0 Å². The fourth-order valence-electron chi connectivity index (χ4n) is 2.17. The Balaban J connectivity index is 2.02. The lowest BCUT2D eigenvalue weighted by Gasteiger charge is -2.34. The average Bonchev–Trinajstić information content (AvgIpc) is 3.18. The third kappa shape index (κ3) is 2.61. The molecule has 3 heteroatoms. The zero-order chi connectivity index (χ0) is 13.3. The predicted molar refractivity (Wildman–Crippen MR) is 77.9 cm³/mol. The average molecular weight is 310 g/mol. The van der Waals surface area contributed by atoms with Gasteiger partial charge in [0.1, 0.15) is 0 Å². The Morgan fingerprint density at radius 2 is 2.00 bits per heavy atom. The maximum Gasteiger partial charge on any atom is 0.226 e. The Morgan fingerprint density at radius 3 is 2.56 bits per heavy atom. The van der Waals surface area contributed by atoms with Gasteiger partial charge in [0, 0.05) is 23.8 Å². The van der Waals surface area contributed by atoms with Crippen LogP contribution in [0, 0.1) is 5.92 Å².